The van der Waals surface area contributed by atoms with E-state index >= 15 is 0 Å². The Balaban J connectivity index is 1.39. The molecule has 3 aromatic heterocycles. The van der Waals surface area contributed by atoms with Gasteiger partial charge >= 0.3 is 0 Å². The molecule has 1 saturated heterocycles. The first-order chi connectivity index (χ1) is 17.7. The SMILES string of the molecule is Cc1nc2c(F)cc(-c3nc(Nc4ccc([C@H](C)C5CCN(C)CC5)cn4)ncc3F)cc2n1C(C)C. The lowest BCUT2D eigenvalue weighted by atomic mass is 9.82. The van der Waals surface area contributed by atoms with Crippen molar-refractivity contribution in [2.75, 3.05) is 25.5 Å². The van der Waals surface area contributed by atoms with Crippen molar-refractivity contribution in [3.63, 3.8) is 0 Å². The highest BCUT2D eigenvalue weighted by Crippen LogP contribution is 2.33. The molecular weight excluding hydrogens is 472 g/mol. The molecule has 9 heteroatoms. The van der Waals surface area contributed by atoms with Crippen LogP contribution in [0.15, 0.2) is 36.7 Å². The van der Waals surface area contributed by atoms with Crippen LogP contribution < -0.4 is 5.32 Å². The van der Waals surface area contributed by atoms with E-state index in [9.17, 15) is 8.78 Å². The van der Waals surface area contributed by atoms with Crippen LogP contribution in [-0.4, -0.2) is 49.5 Å². The zero-order valence-corrected chi connectivity index (χ0v) is 22.0. The second-order valence-electron chi connectivity index (χ2n) is 10.4. The Morgan fingerprint density at radius 1 is 0.973 bits per heavy atom. The highest BCUT2D eigenvalue weighted by atomic mass is 19.1. The summed E-state index contributed by atoms with van der Waals surface area (Å²) in [5.74, 6) is 1.38. The molecule has 0 bridgehead atoms. The fraction of sp³-hybridized carbons (Fsp3) is 0.429. The summed E-state index contributed by atoms with van der Waals surface area (Å²) in [6, 6.07) is 7.03. The number of nitrogens with zero attached hydrogens (tertiary/aromatic N) is 6. The molecule has 194 valence electrons. The minimum absolute atomic E-state index is 0.0139. The number of rotatable bonds is 6. The highest BCUT2D eigenvalue weighted by Gasteiger charge is 2.24. The van der Waals surface area contributed by atoms with E-state index in [0.29, 0.717) is 34.6 Å². The number of likely N-dealkylation sites (tertiary alicyclic amines) is 1. The van der Waals surface area contributed by atoms with E-state index < -0.39 is 11.6 Å². The van der Waals surface area contributed by atoms with Gasteiger partial charge in [0.15, 0.2) is 11.6 Å². The molecule has 5 rings (SSSR count). The minimum Gasteiger partial charge on any atom is -0.326 e. The zero-order valence-electron chi connectivity index (χ0n) is 22.0. The number of benzene rings is 1. The Morgan fingerprint density at radius 2 is 1.73 bits per heavy atom. The Morgan fingerprint density at radius 3 is 2.41 bits per heavy atom. The molecule has 0 unspecified atom stereocenters. The number of fused-ring (bicyclic) bond motifs is 1. The third-order valence-electron chi connectivity index (χ3n) is 7.48. The number of nitrogens with one attached hydrogen (secondary N) is 1. The molecule has 1 N–H and O–H groups in total. The lowest BCUT2D eigenvalue weighted by molar-refractivity contribution is 0.202. The number of hydrogen-bond donors (Lipinski definition) is 1. The average Bonchev–Trinajstić information content (AvgIpc) is 3.22. The Labute approximate surface area is 216 Å². The molecule has 1 aliphatic rings. The van der Waals surface area contributed by atoms with Gasteiger partial charge in [-0.1, -0.05) is 13.0 Å². The number of imidazole rings is 1. The van der Waals surface area contributed by atoms with Gasteiger partial charge in [0.1, 0.15) is 22.9 Å². The Hall–Kier alpha value is -3.46. The first kappa shape index (κ1) is 25.2. The van der Waals surface area contributed by atoms with Crippen molar-refractivity contribution in [1.29, 1.82) is 0 Å². The van der Waals surface area contributed by atoms with Crippen LogP contribution in [0.3, 0.4) is 0 Å². The van der Waals surface area contributed by atoms with Crippen LogP contribution >= 0.6 is 0 Å². The molecular formula is C28H33F2N7. The van der Waals surface area contributed by atoms with E-state index in [1.807, 2.05) is 37.6 Å². The van der Waals surface area contributed by atoms with Gasteiger partial charge in [0.05, 0.1) is 11.7 Å². The van der Waals surface area contributed by atoms with Gasteiger partial charge in [-0.3, -0.25) is 0 Å². The number of halogens is 2. The van der Waals surface area contributed by atoms with Gasteiger partial charge in [-0.05, 0) is 89.3 Å². The van der Waals surface area contributed by atoms with E-state index in [-0.39, 0.29) is 23.2 Å². The quantitative estimate of drug-likeness (QED) is 0.334. The Bertz CT molecular complexity index is 1410. The summed E-state index contributed by atoms with van der Waals surface area (Å²) in [7, 11) is 2.17. The van der Waals surface area contributed by atoms with Gasteiger partial charge in [-0.2, -0.15) is 0 Å². The van der Waals surface area contributed by atoms with Crippen molar-refractivity contribution >= 4 is 22.8 Å². The fourth-order valence-corrected chi connectivity index (χ4v) is 5.35. The van der Waals surface area contributed by atoms with Crippen LogP contribution in [0.4, 0.5) is 20.5 Å². The smallest absolute Gasteiger partial charge is 0.229 e. The van der Waals surface area contributed by atoms with Crippen LogP contribution in [0.25, 0.3) is 22.3 Å². The van der Waals surface area contributed by atoms with Gasteiger partial charge in [-0.25, -0.2) is 28.7 Å². The molecule has 1 fully saturated rings. The highest BCUT2D eigenvalue weighted by molar-refractivity contribution is 5.83. The van der Waals surface area contributed by atoms with Crippen molar-refractivity contribution in [2.24, 2.45) is 5.92 Å². The number of aromatic nitrogens is 5. The predicted octanol–water partition coefficient (Wildman–Crippen LogP) is 6.24. The van der Waals surface area contributed by atoms with Crippen molar-refractivity contribution in [3.05, 3.63) is 59.7 Å². The molecule has 0 saturated carbocycles. The average molecular weight is 506 g/mol. The predicted molar refractivity (Wildman–Crippen MR) is 142 cm³/mol. The summed E-state index contributed by atoms with van der Waals surface area (Å²) in [5, 5.41) is 3.06. The normalized spacial score (nSPS) is 16.0. The number of aryl methyl sites for hydroxylation is 1. The minimum atomic E-state index is -0.633. The summed E-state index contributed by atoms with van der Waals surface area (Å²) in [5.41, 5.74) is 2.40. The lowest BCUT2D eigenvalue weighted by Gasteiger charge is -2.32. The molecule has 7 nitrogen and oxygen atoms in total. The second kappa shape index (κ2) is 10.1. The maximum absolute atomic E-state index is 15.0. The molecule has 1 aromatic carbocycles. The molecule has 0 aliphatic carbocycles. The largest absolute Gasteiger partial charge is 0.326 e. The van der Waals surface area contributed by atoms with Gasteiger partial charge < -0.3 is 14.8 Å². The van der Waals surface area contributed by atoms with Crippen molar-refractivity contribution in [2.45, 2.75) is 52.5 Å². The van der Waals surface area contributed by atoms with E-state index in [4.69, 9.17) is 0 Å². The fourth-order valence-electron chi connectivity index (χ4n) is 5.35. The molecule has 37 heavy (non-hydrogen) atoms. The summed E-state index contributed by atoms with van der Waals surface area (Å²) in [6.45, 7) is 10.3. The summed E-state index contributed by atoms with van der Waals surface area (Å²) >= 11 is 0. The lowest BCUT2D eigenvalue weighted by Crippen LogP contribution is -2.32. The molecule has 1 atom stereocenters. The Kier molecular flexibility index (Phi) is 6.90. The molecule has 4 heterocycles. The van der Waals surface area contributed by atoms with Gasteiger partial charge in [-0.15, -0.1) is 0 Å². The maximum Gasteiger partial charge on any atom is 0.229 e. The zero-order chi connectivity index (χ0) is 26.3. The van der Waals surface area contributed by atoms with Gasteiger partial charge in [0, 0.05) is 17.8 Å². The van der Waals surface area contributed by atoms with E-state index in [2.05, 4.69) is 50.2 Å². The van der Waals surface area contributed by atoms with Crippen molar-refractivity contribution in [1.82, 2.24) is 29.4 Å². The molecule has 0 radical (unpaired) electrons. The van der Waals surface area contributed by atoms with Crippen molar-refractivity contribution in [3.8, 4) is 11.3 Å². The van der Waals surface area contributed by atoms with Gasteiger partial charge in [0.2, 0.25) is 5.95 Å². The third-order valence-corrected chi connectivity index (χ3v) is 7.48. The summed E-state index contributed by atoms with van der Waals surface area (Å²) in [6.07, 6.45) is 5.35. The second-order valence-corrected chi connectivity index (χ2v) is 10.4. The molecule has 1 aliphatic heterocycles. The standard InChI is InChI=1S/C28H33F2N7/c1-16(2)37-18(4)33-27-22(29)12-21(13-24(27)37)26-23(30)15-32-28(35-26)34-25-7-6-20(14-31-25)17(3)19-8-10-36(5)11-9-19/h6-7,12-17,19H,8-11H2,1-5H3,(H,31,32,34,35)/t17-/m1/s1. The maximum atomic E-state index is 15.0. The van der Waals surface area contributed by atoms with Crippen LogP contribution in [0.1, 0.15) is 57.0 Å². The number of pyridine rings is 1. The number of anilines is 2. The summed E-state index contributed by atoms with van der Waals surface area (Å²) < 4.78 is 31.7. The van der Waals surface area contributed by atoms with E-state index in [1.165, 1.54) is 24.5 Å². The summed E-state index contributed by atoms with van der Waals surface area (Å²) in [4.78, 5) is 19.7. The third kappa shape index (κ3) is 5.05. The number of piperidine rings is 1. The van der Waals surface area contributed by atoms with Gasteiger partial charge in [0.25, 0.3) is 0 Å². The first-order valence-corrected chi connectivity index (χ1v) is 12.8. The monoisotopic (exact) mass is 505 g/mol. The number of hydrogen-bond acceptors (Lipinski definition) is 6. The topological polar surface area (TPSA) is 71.8 Å². The van der Waals surface area contributed by atoms with Crippen LogP contribution in [-0.2, 0) is 0 Å². The first-order valence-electron chi connectivity index (χ1n) is 12.8. The molecule has 0 spiro atoms. The van der Waals surface area contributed by atoms with Crippen LogP contribution in [0.2, 0.25) is 0 Å². The van der Waals surface area contributed by atoms with Crippen molar-refractivity contribution < 1.29 is 8.78 Å². The van der Waals surface area contributed by atoms with E-state index in [0.717, 1.165) is 19.3 Å². The van der Waals surface area contributed by atoms with E-state index in [1.54, 1.807) is 6.07 Å². The molecule has 4 aromatic rings. The van der Waals surface area contributed by atoms with Crippen LogP contribution in [0, 0.1) is 24.5 Å². The molecule has 0 amide bonds. The van der Waals surface area contributed by atoms with Crippen LogP contribution in [0.5, 0.6) is 0 Å².